The van der Waals surface area contributed by atoms with E-state index >= 15 is 0 Å². The van der Waals surface area contributed by atoms with Crippen LogP contribution in [0.15, 0.2) is 53.2 Å². The minimum atomic E-state index is 0.0169. The van der Waals surface area contributed by atoms with Gasteiger partial charge in [-0.25, -0.2) is 0 Å². The Morgan fingerprint density at radius 3 is 2.74 bits per heavy atom. The molecule has 92 valence electrons. The molecule has 0 bridgehead atoms. The lowest BCUT2D eigenvalue weighted by Gasteiger charge is -2.15. The lowest BCUT2D eigenvalue weighted by Crippen LogP contribution is -2.25. The summed E-state index contributed by atoms with van der Waals surface area (Å²) in [5.74, 6) is 0.696. The molecule has 19 heavy (non-hydrogen) atoms. The second-order valence-corrected chi connectivity index (χ2v) is 4.55. The number of carbonyl (C=O) groups is 1. The predicted octanol–water partition coefficient (Wildman–Crippen LogP) is 2.99. The fraction of sp³-hybridized carbons (Fsp3) is 0.0667. The number of anilines is 1. The molecule has 2 aromatic carbocycles. The average Bonchev–Trinajstić information content (AvgIpc) is 3.04. The van der Waals surface area contributed by atoms with E-state index in [1.54, 1.807) is 17.2 Å². The summed E-state index contributed by atoms with van der Waals surface area (Å²) in [6.07, 6.45) is 1.59. The summed E-state index contributed by atoms with van der Waals surface area (Å²) in [5.41, 5.74) is 1.70. The van der Waals surface area contributed by atoms with Gasteiger partial charge in [0.05, 0.1) is 18.4 Å². The van der Waals surface area contributed by atoms with Crippen LogP contribution in [0.1, 0.15) is 16.1 Å². The first-order valence-electron chi connectivity index (χ1n) is 6.08. The second kappa shape index (κ2) is 3.68. The van der Waals surface area contributed by atoms with E-state index in [2.05, 4.69) is 5.16 Å². The highest BCUT2D eigenvalue weighted by molar-refractivity contribution is 6.24. The Balaban J connectivity index is 1.89. The quantitative estimate of drug-likeness (QED) is 0.702. The van der Waals surface area contributed by atoms with Crippen LogP contribution in [0.25, 0.3) is 10.8 Å². The molecule has 0 unspecified atom stereocenters. The Morgan fingerprint density at radius 2 is 1.95 bits per heavy atom. The largest absolute Gasteiger partial charge is 0.359 e. The van der Waals surface area contributed by atoms with E-state index in [1.807, 2.05) is 36.4 Å². The minimum absolute atomic E-state index is 0.0169. The molecule has 0 N–H and O–H groups in total. The normalized spacial score (nSPS) is 13.5. The summed E-state index contributed by atoms with van der Waals surface area (Å²) in [7, 11) is 0. The molecule has 0 aliphatic carbocycles. The van der Waals surface area contributed by atoms with Crippen LogP contribution in [0.2, 0.25) is 0 Å². The topological polar surface area (TPSA) is 46.3 Å². The molecule has 0 spiro atoms. The monoisotopic (exact) mass is 250 g/mol. The molecule has 0 saturated carbocycles. The van der Waals surface area contributed by atoms with Gasteiger partial charge in [0.1, 0.15) is 0 Å². The van der Waals surface area contributed by atoms with Gasteiger partial charge < -0.3 is 4.52 Å². The van der Waals surface area contributed by atoms with Gasteiger partial charge in [-0.3, -0.25) is 9.69 Å². The van der Waals surface area contributed by atoms with Crippen molar-refractivity contribution in [2.75, 3.05) is 4.90 Å². The van der Waals surface area contributed by atoms with E-state index in [1.165, 1.54) is 0 Å². The summed E-state index contributed by atoms with van der Waals surface area (Å²) in [6.45, 7) is 0.409. The maximum Gasteiger partial charge on any atom is 0.259 e. The first kappa shape index (κ1) is 10.3. The third kappa shape index (κ3) is 1.40. The van der Waals surface area contributed by atoms with Gasteiger partial charge in [0, 0.05) is 17.0 Å². The Morgan fingerprint density at radius 1 is 1.11 bits per heavy atom. The number of hydrogen-bond acceptors (Lipinski definition) is 3. The number of hydrogen-bond donors (Lipinski definition) is 0. The second-order valence-electron chi connectivity index (χ2n) is 4.55. The van der Waals surface area contributed by atoms with Crippen molar-refractivity contribution < 1.29 is 9.32 Å². The SMILES string of the molecule is O=C1c2cccc3cccc(c23)N1Cc1ccno1. The molecule has 1 aromatic heterocycles. The van der Waals surface area contributed by atoms with Crippen LogP contribution in [0.4, 0.5) is 5.69 Å². The molecular weight excluding hydrogens is 240 g/mol. The fourth-order valence-electron chi connectivity index (χ4n) is 2.62. The third-order valence-electron chi connectivity index (χ3n) is 3.45. The molecule has 0 radical (unpaired) electrons. The molecule has 2 heterocycles. The predicted molar refractivity (Wildman–Crippen MR) is 71.0 cm³/mol. The van der Waals surface area contributed by atoms with Gasteiger partial charge in [-0.05, 0) is 17.5 Å². The lowest BCUT2D eigenvalue weighted by molar-refractivity contribution is 0.0989. The van der Waals surface area contributed by atoms with Gasteiger partial charge in [0.25, 0.3) is 5.91 Å². The number of amides is 1. The zero-order chi connectivity index (χ0) is 12.8. The summed E-state index contributed by atoms with van der Waals surface area (Å²) in [5, 5.41) is 5.78. The van der Waals surface area contributed by atoms with E-state index in [4.69, 9.17) is 4.52 Å². The van der Waals surface area contributed by atoms with Crippen molar-refractivity contribution in [3.8, 4) is 0 Å². The molecule has 4 heteroatoms. The van der Waals surface area contributed by atoms with Crippen LogP contribution in [0.3, 0.4) is 0 Å². The molecule has 4 rings (SSSR count). The van der Waals surface area contributed by atoms with Crippen molar-refractivity contribution in [3.63, 3.8) is 0 Å². The Bertz CT molecular complexity index is 773. The molecule has 3 aromatic rings. The standard InChI is InChI=1S/C15H10N2O2/c18-15-12-5-1-3-10-4-2-6-13(14(10)12)17(15)9-11-7-8-16-19-11/h1-8H,9H2. The van der Waals surface area contributed by atoms with Crippen LogP contribution in [-0.2, 0) is 6.54 Å². The highest BCUT2D eigenvalue weighted by atomic mass is 16.5. The fourth-order valence-corrected chi connectivity index (χ4v) is 2.62. The number of carbonyl (C=O) groups excluding carboxylic acids is 1. The first-order chi connectivity index (χ1) is 9.34. The van der Waals surface area contributed by atoms with Crippen LogP contribution < -0.4 is 4.90 Å². The van der Waals surface area contributed by atoms with Crippen molar-refractivity contribution in [1.29, 1.82) is 0 Å². The zero-order valence-corrected chi connectivity index (χ0v) is 10.0. The molecule has 1 aliphatic rings. The number of aromatic nitrogens is 1. The van der Waals surface area contributed by atoms with E-state index in [9.17, 15) is 4.79 Å². The Kier molecular flexibility index (Phi) is 2.00. The van der Waals surface area contributed by atoms with Gasteiger partial charge in [-0.2, -0.15) is 0 Å². The Hall–Kier alpha value is -2.62. The van der Waals surface area contributed by atoms with Crippen molar-refractivity contribution >= 4 is 22.4 Å². The summed E-state index contributed by atoms with van der Waals surface area (Å²) in [4.78, 5) is 14.2. The van der Waals surface area contributed by atoms with Crippen molar-refractivity contribution in [3.05, 3.63) is 60.0 Å². The Labute approximate surface area is 109 Å². The lowest BCUT2D eigenvalue weighted by atomic mass is 10.1. The number of benzene rings is 2. The number of rotatable bonds is 2. The molecule has 1 aliphatic heterocycles. The summed E-state index contributed by atoms with van der Waals surface area (Å²) < 4.78 is 5.09. The minimum Gasteiger partial charge on any atom is -0.359 e. The molecule has 0 fully saturated rings. The van der Waals surface area contributed by atoms with Crippen LogP contribution in [0, 0.1) is 0 Å². The molecule has 4 nitrogen and oxygen atoms in total. The van der Waals surface area contributed by atoms with Crippen molar-refractivity contribution in [1.82, 2.24) is 5.16 Å². The van der Waals surface area contributed by atoms with Crippen LogP contribution in [-0.4, -0.2) is 11.1 Å². The first-order valence-corrected chi connectivity index (χ1v) is 6.08. The zero-order valence-electron chi connectivity index (χ0n) is 10.0. The average molecular weight is 250 g/mol. The molecule has 0 saturated heterocycles. The summed E-state index contributed by atoms with van der Waals surface area (Å²) in [6, 6.07) is 13.5. The third-order valence-corrected chi connectivity index (χ3v) is 3.45. The molecule has 0 atom stereocenters. The number of nitrogens with zero attached hydrogens (tertiary/aromatic N) is 2. The van der Waals surface area contributed by atoms with E-state index < -0.39 is 0 Å². The smallest absolute Gasteiger partial charge is 0.259 e. The highest BCUT2D eigenvalue weighted by Crippen LogP contribution is 2.37. The van der Waals surface area contributed by atoms with Gasteiger partial charge >= 0.3 is 0 Å². The van der Waals surface area contributed by atoms with Crippen LogP contribution in [0.5, 0.6) is 0 Å². The van der Waals surface area contributed by atoms with E-state index in [0.29, 0.717) is 12.3 Å². The maximum absolute atomic E-state index is 12.5. The van der Waals surface area contributed by atoms with Gasteiger partial charge in [-0.15, -0.1) is 0 Å². The summed E-state index contributed by atoms with van der Waals surface area (Å²) >= 11 is 0. The van der Waals surface area contributed by atoms with E-state index in [-0.39, 0.29) is 5.91 Å². The van der Waals surface area contributed by atoms with E-state index in [0.717, 1.165) is 22.0 Å². The van der Waals surface area contributed by atoms with Gasteiger partial charge in [-0.1, -0.05) is 29.4 Å². The molecule has 1 amide bonds. The molecular formula is C15H10N2O2. The van der Waals surface area contributed by atoms with Gasteiger partial charge in [0.15, 0.2) is 5.76 Å². The van der Waals surface area contributed by atoms with Crippen molar-refractivity contribution in [2.45, 2.75) is 6.54 Å². The maximum atomic E-state index is 12.5. The highest BCUT2D eigenvalue weighted by Gasteiger charge is 2.29. The van der Waals surface area contributed by atoms with Gasteiger partial charge in [0.2, 0.25) is 0 Å². The van der Waals surface area contributed by atoms with Crippen molar-refractivity contribution in [2.24, 2.45) is 0 Å². The van der Waals surface area contributed by atoms with Crippen LogP contribution >= 0.6 is 0 Å².